The highest BCUT2D eigenvalue weighted by molar-refractivity contribution is 5.69. The molecule has 0 saturated carbocycles. The summed E-state index contributed by atoms with van der Waals surface area (Å²) in [7, 11) is 0. The first-order valence-corrected chi connectivity index (χ1v) is 25.7. The number of rotatable bonds is 43. The van der Waals surface area contributed by atoms with Crippen LogP contribution in [0.1, 0.15) is 265 Å². The lowest BCUT2D eigenvalue weighted by atomic mass is 9.92. The van der Waals surface area contributed by atoms with Gasteiger partial charge >= 0.3 is 11.9 Å². The minimum absolute atomic E-state index is 0.0107. The first-order valence-electron chi connectivity index (χ1n) is 25.7. The third kappa shape index (κ3) is 35.3. The molecule has 0 aromatic rings. The maximum absolute atomic E-state index is 12.4. The molecular weight excluding hydrogens is 707 g/mol. The van der Waals surface area contributed by atoms with Gasteiger partial charge in [0.25, 0.3) is 0 Å². The maximum atomic E-state index is 12.4. The molecule has 1 N–H and O–H groups in total. The van der Waals surface area contributed by atoms with Crippen molar-refractivity contribution in [2.45, 2.75) is 277 Å². The number of nitrogens with one attached hydrogen (secondary N) is 1. The molecule has 0 bridgehead atoms. The first-order chi connectivity index (χ1) is 28.0. The van der Waals surface area contributed by atoms with Gasteiger partial charge in [-0.05, 0) is 69.6 Å². The van der Waals surface area contributed by atoms with E-state index in [0.29, 0.717) is 38.2 Å². The zero-order valence-electron chi connectivity index (χ0n) is 38.8. The van der Waals surface area contributed by atoms with Crippen molar-refractivity contribution >= 4 is 11.9 Å². The Balaban J connectivity index is 2.18. The Kier molecular flexibility index (Phi) is 39.3. The fourth-order valence-corrected chi connectivity index (χ4v) is 8.77. The zero-order chi connectivity index (χ0) is 41.3. The molecule has 338 valence electrons. The van der Waals surface area contributed by atoms with Gasteiger partial charge in [-0.25, -0.2) is 0 Å². The van der Waals surface area contributed by atoms with Crippen LogP contribution in [0.2, 0.25) is 0 Å². The summed E-state index contributed by atoms with van der Waals surface area (Å²) in [6, 6.07) is 0.579. The Morgan fingerprint density at radius 3 is 1.26 bits per heavy atom. The second-order valence-corrected chi connectivity index (χ2v) is 18.1. The predicted octanol–water partition coefficient (Wildman–Crippen LogP) is 15.2. The van der Waals surface area contributed by atoms with Crippen molar-refractivity contribution in [3.8, 4) is 0 Å². The van der Waals surface area contributed by atoms with E-state index in [4.69, 9.17) is 14.2 Å². The van der Waals surface area contributed by atoms with Crippen LogP contribution in [-0.2, 0) is 23.8 Å². The van der Waals surface area contributed by atoms with E-state index in [9.17, 15) is 9.59 Å². The van der Waals surface area contributed by atoms with Gasteiger partial charge in [-0.3, -0.25) is 9.59 Å². The van der Waals surface area contributed by atoms with Crippen LogP contribution in [0, 0.1) is 11.8 Å². The lowest BCUT2D eigenvalue weighted by molar-refractivity contribution is -0.145. The minimum Gasteiger partial charge on any atom is -0.466 e. The Morgan fingerprint density at radius 1 is 0.491 bits per heavy atom. The molecule has 1 saturated heterocycles. The molecular formula is C51H99NO5. The lowest BCUT2D eigenvalue weighted by Gasteiger charge is -2.26. The average molecular weight is 806 g/mol. The van der Waals surface area contributed by atoms with E-state index in [1.54, 1.807) is 0 Å². The Labute approximate surface area is 355 Å². The molecule has 0 aromatic heterocycles. The van der Waals surface area contributed by atoms with Crippen molar-refractivity contribution in [2.75, 3.05) is 26.4 Å². The Hall–Kier alpha value is -1.14. The zero-order valence-corrected chi connectivity index (χ0v) is 38.8. The third-order valence-electron chi connectivity index (χ3n) is 12.7. The normalized spacial score (nSPS) is 14.6. The molecule has 1 unspecified atom stereocenters. The number of carbonyl (C=O) groups excluding carboxylic acids is 2. The van der Waals surface area contributed by atoms with Gasteiger partial charge < -0.3 is 19.5 Å². The molecule has 6 heteroatoms. The summed E-state index contributed by atoms with van der Waals surface area (Å²) in [4.78, 5) is 24.8. The summed E-state index contributed by atoms with van der Waals surface area (Å²) >= 11 is 0. The largest absolute Gasteiger partial charge is 0.466 e. The van der Waals surface area contributed by atoms with E-state index < -0.39 is 0 Å². The van der Waals surface area contributed by atoms with Crippen LogP contribution in [-0.4, -0.2) is 50.4 Å². The van der Waals surface area contributed by atoms with Crippen molar-refractivity contribution in [1.29, 1.82) is 0 Å². The van der Waals surface area contributed by atoms with Crippen LogP contribution >= 0.6 is 0 Å². The molecule has 0 spiro atoms. The molecule has 1 aliphatic rings. The van der Waals surface area contributed by atoms with E-state index in [-0.39, 0.29) is 11.9 Å². The smallest absolute Gasteiger partial charge is 0.305 e. The van der Waals surface area contributed by atoms with Crippen molar-refractivity contribution in [1.82, 2.24) is 5.32 Å². The highest BCUT2D eigenvalue weighted by Crippen LogP contribution is 2.23. The van der Waals surface area contributed by atoms with Gasteiger partial charge in [0.2, 0.25) is 0 Å². The van der Waals surface area contributed by atoms with Crippen LogP contribution in [0.15, 0.2) is 0 Å². The maximum Gasteiger partial charge on any atom is 0.305 e. The van der Waals surface area contributed by atoms with Crippen molar-refractivity contribution in [3.05, 3.63) is 0 Å². The van der Waals surface area contributed by atoms with Gasteiger partial charge in [-0.15, -0.1) is 0 Å². The third-order valence-corrected chi connectivity index (χ3v) is 12.7. The van der Waals surface area contributed by atoms with Crippen LogP contribution in [0.3, 0.4) is 0 Å². The average Bonchev–Trinajstić information content (AvgIpc) is 3.21. The van der Waals surface area contributed by atoms with Gasteiger partial charge in [-0.2, -0.15) is 0 Å². The van der Waals surface area contributed by atoms with E-state index in [1.165, 1.54) is 186 Å². The monoisotopic (exact) mass is 806 g/mol. The van der Waals surface area contributed by atoms with Gasteiger partial charge in [0.15, 0.2) is 0 Å². The Bertz CT molecular complexity index is 783. The predicted molar refractivity (Wildman–Crippen MR) is 244 cm³/mol. The highest BCUT2D eigenvalue weighted by atomic mass is 16.5. The van der Waals surface area contributed by atoms with E-state index in [1.807, 2.05) is 0 Å². The van der Waals surface area contributed by atoms with Gasteiger partial charge in [0.1, 0.15) is 0 Å². The van der Waals surface area contributed by atoms with Crippen LogP contribution in [0.25, 0.3) is 0 Å². The lowest BCUT2D eigenvalue weighted by Crippen LogP contribution is -2.38. The van der Waals surface area contributed by atoms with Crippen molar-refractivity contribution in [2.24, 2.45) is 11.8 Å². The topological polar surface area (TPSA) is 73.9 Å². The van der Waals surface area contributed by atoms with Crippen LogP contribution < -0.4 is 5.32 Å². The first kappa shape index (κ1) is 53.9. The number of carbonyl (C=O) groups is 2. The SMILES string of the molecule is CCCCCC(CCCCC)CCOC(=O)CCCCCCCCC(CCCCCCCCC(=O)OCCC(CCCCC)CCCCC)NCC1CCCCO1. The summed E-state index contributed by atoms with van der Waals surface area (Å²) in [6.07, 6.45) is 44.9. The van der Waals surface area contributed by atoms with Crippen LogP contribution in [0.4, 0.5) is 0 Å². The summed E-state index contributed by atoms with van der Waals surface area (Å²) < 4.78 is 17.4. The number of hydrogen-bond donors (Lipinski definition) is 1. The molecule has 6 nitrogen and oxygen atoms in total. The van der Waals surface area contributed by atoms with Gasteiger partial charge in [-0.1, -0.05) is 195 Å². The quantitative estimate of drug-likeness (QED) is 0.0489. The van der Waals surface area contributed by atoms with Crippen molar-refractivity contribution in [3.63, 3.8) is 0 Å². The van der Waals surface area contributed by atoms with E-state index >= 15 is 0 Å². The molecule has 0 radical (unpaired) electrons. The fraction of sp³-hybridized carbons (Fsp3) is 0.961. The van der Waals surface area contributed by atoms with Crippen LogP contribution in [0.5, 0.6) is 0 Å². The summed E-state index contributed by atoms with van der Waals surface area (Å²) in [5.74, 6) is 1.46. The van der Waals surface area contributed by atoms with Gasteiger partial charge in [0, 0.05) is 32.0 Å². The standard InChI is InChI=1S/C51H99NO5/c1-5-9-21-31-46(32-22-10-6-2)40-43-56-50(53)38-27-19-15-13-17-25-35-48(52-45-49-37-29-30-42-55-49)36-26-18-14-16-20-28-39-51(54)57-44-41-47(33-23-11-7-3)34-24-12-8-4/h46-49,52H,5-45H2,1-4H3. The molecule has 1 heterocycles. The molecule has 57 heavy (non-hydrogen) atoms. The minimum atomic E-state index is 0.0107. The number of esters is 2. The molecule has 0 aliphatic carbocycles. The summed E-state index contributed by atoms with van der Waals surface area (Å²) in [6.45, 7) is 12.2. The van der Waals surface area contributed by atoms with E-state index in [0.717, 1.165) is 63.5 Å². The Morgan fingerprint density at radius 2 is 0.877 bits per heavy atom. The molecule has 0 aromatic carbocycles. The molecule has 1 atom stereocenters. The molecule has 0 amide bonds. The fourth-order valence-electron chi connectivity index (χ4n) is 8.77. The van der Waals surface area contributed by atoms with E-state index in [2.05, 4.69) is 33.0 Å². The second-order valence-electron chi connectivity index (χ2n) is 18.1. The summed E-state index contributed by atoms with van der Waals surface area (Å²) in [5, 5.41) is 3.91. The molecule has 1 aliphatic heterocycles. The number of unbranched alkanes of at least 4 members (excludes halogenated alkanes) is 18. The van der Waals surface area contributed by atoms with Gasteiger partial charge in [0.05, 0.1) is 19.3 Å². The number of hydrogen-bond acceptors (Lipinski definition) is 6. The number of ether oxygens (including phenoxy) is 3. The highest BCUT2D eigenvalue weighted by Gasteiger charge is 2.17. The molecule has 1 rings (SSSR count). The molecule has 1 fully saturated rings. The van der Waals surface area contributed by atoms with Crippen molar-refractivity contribution < 1.29 is 23.8 Å². The summed E-state index contributed by atoms with van der Waals surface area (Å²) in [5.41, 5.74) is 0. The second kappa shape index (κ2) is 41.6.